The molecular weight excluding hydrogens is 140 g/mol. The molecule has 0 spiro atoms. The van der Waals surface area contributed by atoms with E-state index in [9.17, 15) is 4.79 Å². The first-order valence-corrected chi connectivity index (χ1v) is 3.53. The number of carbonyl (C=O) groups is 1. The highest BCUT2D eigenvalue weighted by molar-refractivity contribution is 5.70. The topological polar surface area (TPSA) is 26.3 Å². The Labute approximate surface area is 67.6 Å². The average molecular weight is 154 g/mol. The molecule has 0 amide bonds. The summed E-state index contributed by atoms with van der Waals surface area (Å²) in [6, 6.07) is 0. The van der Waals surface area contributed by atoms with Gasteiger partial charge in [0.15, 0.2) is 0 Å². The molecule has 0 saturated carbocycles. The summed E-state index contributed by atoms with van der Waals surface area (Å²) in [5.74, 6) is -0.205. The summed E-state index contributed by atoms with van der Waals surface area (Å²) in [6.45, 7) is 4.00. The number of methoxy groups -OCH3 is 1. The molecule has 0 unspecified atom stereocenters. The molecule has 0 fully saturated rings. The number of allylic oxidation sites excluding steroid dienone is 3. The molecule has 0 aliphatic heterocycles. The largest absolute Gasteiger partial charge is 0.469 e. The molecular formula is C9H14O2. The third-order valence-corrected chi connectivity index (χ3v) is 1.08. The van der Waals surface area contributed by atoms with Crippen LogP contribution < -0.4 is 0 Å². The molecule has 11 heavy (non-hydrogen) atoms. The van der Waals surface area contributed by atoms with Gasteiger partial charge in [0.2, 0.25) is 0 Å². The maximum atomic E-state index is 10.6. The Morgan fingerprint density at radius 1 is 1.45 bits per heavy atom. The lowest BCUT2D eigenvalue weighted by Gasteiger charge is -1.90. The van der Waals surface area contributed by atoms with Crippen LogP contribution in [-0.2, 0) is 9.53 Å². The van der Waals surface area contributed by atoms with Gasteiger partial charge in [-0.15, -0.1) is 0 Å². The van der Waals surface area contributed by atoms with Crippen LogP contribution in [0.5, 0.6) is 0 Å². The van der Waals surface area contributed by atoms with Gasteiger partial charge in [-0.1, -0.05) is 23.8 Å². The van der Waals surface area contributed by atoms with Crippen LogP contribution >= 0.6 is 0 Å². The van der Waals surface area contributed by atoms with E-state index in [1.165, 1.54) is 12.7 Å². The molecule has 0 aromatic carbocycles. The quantitative estimate of drug-likeness (QED) is 0.459. The summed E-state index contributed by atoms with van der Waals surface area (Å²) in [5, 5.41) is 0. The highest BCUT2D eigenvalue weighted by atomic mass is 16.5. The molecule has 0 aliphatic rings. The highest BCUT2D eigenvalue weighted by Crippen LogP contribution is 1.91. The second-order valence-corrected chi connectivity index (χ2v) is 2.45. The molecule has 62 valence electrons. The van der Waals surface area contributed by atoms with E-state index in [2.05, 4.69) is 4.74 Å². The Morgan fingerprint density at radius 3 is 2.55 bits per heavy atom. The van der Waals surface area contributed by atoms with E-state index < -0.39 is 0 Å². The van der Waals surface area contributed by atoms with Gasteiger partial charge in [0.25, 0.3) is 0 Å². The van der Waals surface area contributed by atoms with Crippen molar-refractivity contribution in [2.75, 3.05) is 7.11 Å². The first-order valence-electron chi connectivity index (χ1n) is 3.53. The molecule has 0 radical (unpaired) electrons. The average Bonchev–Trinajstić information content (AvgIpc) is 1.97. The van der Waals surface area contributed by atoms with Crippen molar-refractivity contribution in [1.82, 2.24) is 0 Å². The van der Waals surface area contributed by atoms with Crippen LogP contribution in [0.3, 0.4) is 0 Å². The minimum absolute atomic E-state index is 0.205. The Kier molecular flexibility index (Phi) is 5.17. The first kappa shape index (κ1) is 9.95. The van der Waals surface area contributed by atoms with E-state index in [1.54, 1.807) is 6.08 Å². The van der Waals surface area contributed by atoms with Crippen LogP contribution in [0.15, 0.2) is 23.8 Å². The first-order chi connectivity index (χ1) is 5.16. The minimum atomic E-state index is -0.205. The van der Waals surface area contributed by atoms with E-state index in [0.717, 1.165) is 0 Å². The molecule has 0 atom stereocenters. The van der Waals surface area contributed by atoms with Crippen molar-refractivity contribution >= 4 is 5.97 Å². The van der Waals surface area contributed by atoms with Gasteiger partial charge in [-0.25, -0.2) is 0 Å². The van der Waals surface area contributed by atoms with Crippen LogP contribution in [0.2, 0.25) is 0 Å². The third-order valence-electron chi connectivity index (χ3n) is 1.08. The van der Waals surface area contributed by atoms with E-state index in [1.807, 2.05) is 26.0 Å². The molecule has 0 aromatic rings. The standard InChI is InChI=1S/C9H14O2/c1-8(2)6-4-5-7-9(10)11-3/h4-6H,7H2,1-3H3. The molecule has 0 saturated heterocycles. The van der Waals surface area contributed by atoms with Crippen molar-refractivity contribution in [2.45, 2.75) is 20.3 Å². The fourth-order valence-corrected chi connectivity index (χ4v) is 0.508. The second kappa shape index (κ2) is 5.71. The number of ether oxygens (including phenoxy) is 1. The number of carbonyl (C=O) groups excluding carboxylic acids is 1. The van der Waals surface area contributed by atoms with Gasteiger partial charge < -0.3 is 4.74 Å². The molecule has 0 bridgehead atoms. The predicted molar refractivity (Wildman–Crippen MR) is 45.2 cm³/mol. The third kappa shape index (κ3) is 6.84. The number of hydrogen-bond donors (Lipinski definition) is 0. The lowest BCUT2D eigenvalue weighted by atomic mass is 10.3. The van der Waals surface area contributed by atoms with Gasteiger partial charge in [0, 0.05) is 0 Å². The summed E-state index contributed by atoms with van der Waals surface area (Å²) in [6.07, 6.45) is 5.92. The highest BCUT2D eigenvalue weighted by Gasteiger charge is 1.91. The summed E-state index contributed by atoms with van der Waals surface area (Å²) in [7, 11) is 1.39. The second-order valence-electron chi connectivity index (χ2n) is 2.45. The molecule has 0 heterocycles. The Balaban J connectivity index is 3.61. The zero-order chi connectivity index (χ0) is 8.69. The van der Waals surface area contributed by atoms with Crippen molar-refractivity contribution in [3.63, 3.8) is 0 Å². The Hall–Kier alpha value is -1.05. The van der Waals surface area contributed by atoms with Crippen molar-refractivity contribution in [1.29, 1.82) is 0 Å². The van der Waals surface area contributed by atoms with Crippen LogP contribution in [0.25, 0.3) is 0 Å². The lowest BCUT2D eigenvalue weighted by Crippen LogP contribution is -1.96. The zero-order valence-electron chi connectivity index (χ0n) is 7.26. The Bertz CT molecular complexity index is 174. The molecule has 2 nitrogen and oxygen atoms in total. The maximum absolute atomic E-state index is 10.6. The van der Waals surface area contributed by atoms with Gasteiger partial charge in [-0.05, 0) is 13.8 Å². The minimum Gasteiger partial charge on any atom is -0.469 e. The van der Waals surface area contributed by atoms with Gasteiger partial charge in [-0.3, -0.25) is 4.79 Å². The van der Waals surface area contributed by atoms with Crippen molar-refractivity contribution in [3.05, 3.63) is 23.8 Å². The van der Waals surface area contributed by atoms with Crippen molar-refractivity contribution < 1.29 is 9.53 Å². The van der Waals surface area contributed by atoms with E-state index >= 15 is 0 Å². The van der Waals surface area contributed by atoms with Gasteiger partial charge in [0.1, 0.15) is 0 Å². The van der Waals surface area contributed by atoms with E-state index in [4.69, 9.17) is 0 Å². The van der Waals surface area contributed by atoms with Crippen LogP contribution in [0, 0.1) is 0 Å². The lowest BCUT2D eigenvalue weighted by molar-refractivity contribution is -0.139. The van der Waals surface area contributed by atoms with E-state index in [-0.39, 0.29) is 5.97 Å². The predicted octanol–water partition coefficient (Wildman–Crippen LogP) is 2.07. The number of rotatable bonds is 3. The SMILES string of the molecule is COC(=O)CC=CC=C(C)C. The smallest absolute Gasteiger partial charge is 0.309 e. The monoisotopic (exact) mass is 154 g/mol. The zero-order valence-corrected chi connectivity index (χ0v) is 7.26. The van der Waals surface area contributed by atoms with Crippen LogP contribution in [0.1, 0.15) is 20.3 Å². The number of esters is 1. The maximum Gasteiger partial charge on any atom is 0.309 e. The van der Waals surface area contributed by atoms with Gasteiger partial charge >= 0.3 is 5.97 Å². The summed E-state index contributed by atoms with van der Waals surface area (Å²) in [5.41, 5.74) is 1.21. The molecule has 0 aliphatic carbocycles. The van der Waals surface area contributed by atoms with Gasteiger partial charge in [0.05, 0.1) is 13.5 Å². The van der Waals surface area contributed by atoms with Crippen LogP contribution in [-0.4, -0.2) is 13.1 Å². The molecule has 0 aromatic heterocycles. The van der Waals surface area contributed by atoms with Gasteiger partial charge in [-0.2, -0.15) is 0 Å². The molecule has 0 rings (SSSR count). The normalized spacial score (nSPS) is 9.73. The van der Waals surface area contributed by atoms with Crippen molar-refractivity contribution in [2.24, 2.45) is 0 Å². The fraction of sp³-hybridized carbons (Fsp3) is 0.444. The van der Waals surface area contributed by atoms with Crippen molar-refractivity contribution in [3.8, 4) is 0 Å². The summed E-state index contributed by atoms with van der Waals surface area (Å²) in [4.78, 5) is 10.6. The fourth-order valence-electron chi connectivity index (χ4n) is 0.508. The Morgan fingerprint density at radius 2 is 2.09 bits per heavy atom. The summed E-state index contributed by atoms with van der Waals surface area (Å²) < 4.78 is 4.45. The molecule has 0 N–H and O–H groups in total. The van der Waals surface area contributed by atoms with Crippen LogP contribution in [0.4, 0.5) is 0 Å². The van der Waals surface area contributed by atoms with E-state index in [0.29, 0.717) is 6.42 Å². The molecule has 2 heteroatoms. The summed E-state index contributed by atoms with van der Waals surface area (Å²) >= 11 is 0. The number of hydrogen-bond acceptors (Lipinski definition) is 2.